The summed E-state index contributed by atoms with van der Waals surface area (Å²) >= 11 is 0. The Labute approximate surface area is 142 Å². The lowest BCUT2D eigenvalue weighted by Gasteiger charge is -2.06. The maximum atomic E-state index is 13.9. The van der Waals surface area contributed by atoms with Crippen LogP contribution in [-0.4, -0.2) is 17.2 Å². The average molecular weight is 340 g/mol. The first-order valence-electron chi connectivity index (χ1n) is 7.47. The van der Waals surface area contributed by atoms with Crippen molar-refractivity contribution in [2.75, 3.05) is 0 Å². The molecule has 0 aliphatic heterocycles. The Balaban J connectivity index is 1.81. The molecule has 0 heterocycles. The standard InChI is InChI=1S/C19H14F2N2O2/c1-11-16(20)7-6-14(18(11)21)10-22-23-19(25)15-8-12-4-2-3-5-13(12)9-17(15)24/h2-10,24H,1H3,(H,23,25)/b22-10+. The van der Waals surface area contributed by atoms with Gasteiger partial charge in [0.2, 0.25) is 0 Å². The van der Waals surface area contributed by atoms with E-state index in [0.29, 0.717) is 0 Å². The molecular weight excluding hydrogens is 326 g/mol. The molecular formula is C19H14F2N2O2. The molecule has 0 bridgehead atoms. The molecule has 25 heavy (non-hydrogen) atoms. The maximum Gasteiger partial charge on any atom is 0.275 e. The number of halogens is 2. The average Bonchev–Trinajstić information content (AvgIpc) is 2.61. The summed E-state index contributed by atoms with van der Waals surface area (Å²) in [5.74, 6) is -2.22. The minimum Gasteiger partial charge on any atom is -0.507 e. The number of amides is 1. The van der Waals surface area contributed by atoms with Crippen molar-refractivity contribution in [2.24, 2.45) is 5.10 Å². The van der Waals surface area contributed by atoms with E-state index in [2.05, 4.69) is 10.5 Å². The number of phenols is 1. The zero-order valence-electron chi connectivity index (χ0n) is 13.3. The Morgan fingerprint density at radius 2 is 1.80 bits per heavy atom. The van der Waals surface area contributed by atoms with Crippen LogP contribution in [0.5, 0.6) is 5.75 Å². The minimum atomic E-state index is -0.744. The lowest BCUT2D eigenvalue weighted by Crippen LogP contribution is -2.18. The normalized spacial score (nSPS) is 11.2. The first kappa shape index (κ1) is 16.6. The molecule has 3 rings (SSSR count). The zero-order valence-corrected chi connectivity index (χ0v) is 13.3. The summed E-state index contributed by atoms with van der Waals surface area (Å²) in [4.78, 5) is 12.2. The third kappa shape index (κ3) is 3.33. The third-order valence-electron chi connectivity index (χ3n) is 3.83. The smallest absolute Gasteiger partial charge is 0.275 e. The molecule has 3 aromatic rings. The first-order chi connectivity index (χ1) is 12.0. The van der Waals surface area contributed by atoms with Crippen molar-refractivity contribution in [2.45, 2.75) is 6.92 Å². The van der Waals surface area contributed by atoms with E-state index in [-0.39, 0.29) is 22.4 Å². The Morgan fingerprint density at radius 3 is 2.52 bits per heavy atom. The van der Waals surface area contributed by atoms with E-state index in [1.807, 2.05) is 24.3 Å². The van der Waals surface area contributed by atoms with E-state index < -0.39 is 17.5 Å². The van der Waals surface area contributed by atoms with Crippen molar-refractivity contribution < 1.29 is 18.7 Å². The van der Waals surface area contributed by atoms with Crippen molar-refractivity contribution in [3.63, 3.8) is 0 Å². The lowest BCUT2D eigenvalue weighted by atomic mass is 10.1. The molecule has 0 spiro atoms. The van der Waals surface area contributed by atoms with Gasteiger partial charge in [0.15, 0.2) is 0 Å². The van der Waals surface area contributed by atoms with Crippen LogP contribution in [0.2, 0.25) is 0 Å². The van der Waals surface area contributed by atoms with Gasteiger partial charge in [-0.2, -0.15) is 5.10 Å². The van der Waals surface area contributed by atoms with Crippen LogP contribution < -0.4 is 5.43 Å². The van der Waals surface area contributed by atoms with E-state index in [1.165, 1.54) is 25.1 Å². The Bertz CT molecular complexity index is 1000. The van der Waals surface area contributed by atoms with Gasteiger partial charge in [-0.3, -0.25) is 4.79 Å². The van der Waals surface area contributed by atoms with Crippen LogP contribution in [0.15, 0.2) is 53.6 Å². The van der Waals surface area contributed by atoms with Crippen LogP contribution in [0.4, 0.5) is 8.78 Å². The quantitative estimate of drug-likeness (QED) is 0.561. The van der Waals surface area contributed by atoms with Gasteiger partial charge >= 0.3 is 0 Å². The molecule has 6 heteroatoms. The highest BCUT2D eigenvalue weighted by Crippen LogP contribution is 2.24. The van der Waals surface area contributed by atoms with E-state index in [4.69, 9.17) is 0 Å². The predicted molar refractivity (Wildman–Crippen MR) is 91.8 cm³/mol. The van der Waals surface area contributed by atoms with Gasteiger partial charge in [-0.05, 0) is 42.0 Å². The van der Waals surface area contributed by atoms with Crippen molar-refractivity contribution in [1.29, 1.82) is 0 Å². The summed E-state index contributed by atoms with van der Waals surface area (Å²) in [7, 11) is 0. The van der Waals surface area contributed by atoms with Crippen LogP contribution >= 0.6 is 0 Å². The predicted octanol–water partition coefficient (Wildman–Crippen LogP) is 3.90. The molecule has 0 fully saturated rings. The number of benzene rings is 3. The monoisotopic (exact) mass is 340 g/mol. The lowest BCUT2D eigenvalue weighted by molar-refractivity contribution is 0.0952. The zero-order chi connectivity index (χ0) is 18.0. The van der Waals surface area contributed by atoms with Crippen LogP contribution in [0.3, 0.4) is 0 Å². The summed E-state index contributed by atoms with van der Waals surface area (Å²) in [5, 5.41) is 15.2. The summed E-state index contributed by atoms with van der Waals surface area (Å²) < 4.78 is 27.1. The molecule has 0 atom stereocenters. The molecule has 3 aromatic carbocycles. The van der Waals surface area contributed by atoms with Gasteiger partial charge in [-0.1, -0.05) is 24.3 Å². The molecule has 0 saturated carbocycles. The molecule has 0 saturated heterocycles. The summed E-state index contributed by atoms with van der Waals surface area (Å²) in [6.07, 6.45) is 1.08. The molecule has 4 nitrogen and oxygen atoms in total. The Hall–Kier alpha value is -3.28. The van der Waals surface area contributed by atoms with Crippen molar-refractivity contribution in [3.05, 3.63) is 76.9 Å². The van der Waals surface area contributed by atoms with Crippen molar-refractivity contribution in [1.82, 2.24) is 5.43 Å². The second kappa shape index (κ2) is 6.68. The molecule has 0 radical (unpaired) electrons. The Kier molecular flexibility index (Phi) is 4.43. The number of fused-ring (bicyclic) bond motifs is 1. The molecule has 2 N–H and O–H groups in total. The van der Waals surface area contributed by atoms with Crippen LogP contribution in [-0.2, 0) is 0 Å². The van der Waals surface area contributed by atoms with Gasteiger partial charge in [0.05, 0.1) is 11.8 Å². The molecule has 0 aliphatic carbocycles. The van der Waals surface area contributed by atoms with Crippen molar-refractivity contribution in [3.8, 4) is 5.75 Å². The fourth-order valence-corrected chi connectivity index (χ4v) is 2.41. The largest absolute Gasteiger partial charge is 0.507 e. The molecule has 0 aromatic heterocycles. The topological polar surface area (TPSA) is 61.7 Å². The second-order valence-corrected chi connectivity index (χ2v) is 5.49. The molecule has 0 aliphatic rings. The SMILES string of the molecule is Cc1c(F)ccc(/C=N/NC(=O)c2cc3ccccc3cc2O)c1F. The molecule has 126 valence electrons. The number of hydrogen-bond acceptors (Lipinski definition) is 3. The number of nitrogens with one attached hydrogen (secondary N) is 1. The summed E-state index contributed by atoms with van der Waals surface area (Å²) in [6.45, 7) is 1.31. The first-order valence-corrected chi connectivity index (χ1v) is 7.47. The number of carbonyl (C=O) groups is 1. The summed E-state index contributed by atoms with van der Waals surface area (Å²) in [5.41, 5.74) is 2.19. The number of aromatic hydroxyl groups is 1. The van der Waals surface area contributed by atoms with Gasteiger partial charge < -0.3 is 5.11 Å². The maximum absolute atomic E-state index is 13.9. The fourth-order valence-electron chi connectivity index (χ4n) is 2.41. The second-order valence-electron chi connectivity index (χ2n) is 5.49. The van der Waals surface area contributed by atoms with Crippen molar-refractivity contribution >= 4 is 22.9 Å². The van der Waals surface area contributed by atoms with E-state index in [1.54, 1.807) is 0 Å². The van der Waals surface area contributed by atoms with Gasteiger partial charge in [-0.25, -0.2) is 14.2 Å². The molecule has 0 unspecified atom stereocenters. The van der Waals surface area contributed by atoms with Gasteiger partial charge in [0.25, 0.3) is 5.91 Å². The van der Waals surface area contributed by atoms with E-state index in [0.717, 1.165) is 23.1 Å². The third-order valence-corrected chi connectivity index (χ3v) is 3.83. The molecule has 1 amide bonds. The summed E-state index contributed by atoms with van der Waals surface area (Å²) in [6, 6.07) is 12.6. The van der Waals surface area contributed by atoms with Gasteiger partial charge in [0, 0.05) is 11.1 Å². The van der Waals surface area contributed by atoms with E-state index >= 15 is 0 Å². The minimum absolute atomic E-state index is 0.0435. The highest BCUT2D eigenvalue weighted by Gasteiger charge is 2.12. The van der Waals surface area contributed by atoms with Crippen LogP contribution in [0, 0.1) is 18.6 Å². The highest BCUT2D eigenvalue weighted by atomic mass is 19.1. The van der Waals surface area contributed by atoms with Crippen LogP contribution in [0.1, 0.15) is 21.5 Å². The van der Waals surface area contributed by atoms with Crippen LogP contribution in [0.25, 0.3) is 10.8 Å². The number of rotatable bonds is 3. The fraction of sp³-hybridized carbons (Fsp3) is 0.0526. The number of carbonyl (C=O) groups excluding carboxylic acids is 1. The number of phenolic OH excluding ortho intramolecular Hbond substituents is 1. The highest BCUT2D eigenvalue weighted by molar-refractivity contribution is 6.01. The Morgan fingerprint density at radius 1 is 1.12 bits per heavy atom. The van der Waals surface area contributed by atoms with E-state index in [9.17, 15) is 18.7 Å². The van der Waals surface area contributed by atoms with Gasteiger partial charge in [-0.15, -0.1) is 0 Å². The number of hydrogen-bond donors (Lipinski definition) is 2. The number of nitrogens with zero attached hydrogens (tertiary/aromatic N) is 1. The number of hydrazone groups is 1. The van der Waals surface area contributed by atoms with Gasteiger partial charge in [0.1, 0.15) is 17.4 Å².